The Morgan fingerprint density at radius 2 is 1.76 bits per heavy atom. The molecule has 0 spiro atoms. The second kappa shape index (κ2) is 12.3. The molecule has 1 unspecified atom stereocenters. The van der Waals surface area contributed by atoms with Crippen LogP contribution in [-0.2, 0) is 11.2 Å². The Bertz CT molecular complexity index is 1050. The topological polar surface area (TPSA) is 102 Å². The van der Waals surface area contributed by atoms with Crippen LogP contribution in [-0.4, -0.2) is 46.9 Å². The molecule has 0 aliphatic carbocycles. The van der Waals surface area contributed by atoms with Gasteiger partial charge in [-0.05, 0) is 31.4 Å². The molecule has 1 aromatic carbocycles. The summed E-state index contributed by atoms with van der Waals surface area (Å²) in [6.45, 7) is 4.84. The van der Waals surface area contributed by atoms with Crippen LogP contribution in [0.25, 0.3) is 0 Å². The molecule has 0 bridgehead atoms. The van der Waals surface area contributed by atoms with Crippen LogP contribution in [0.4, 0.5) is 0 Å². The molecule has 2 amide bonds. The number of carbonyl (C=O) groups excluding carboxylic acids is 2. The molecule has 0 saturated carbocycles. The summed E-state index contributed by atoms with van der Waals surface area (Å²) >= 11 is 0. The van der Waals surface area contributed by atoms with Crippen LogP contribution in [0.1, 0.15) is 73.5 Å². The van der Waals surface area contributed by atoms with Gasteiger partial charge in [-0.25, -0.2) is 0 Å². The van der Waals surface area contributed by atoms with Gasteiger partial charge in [-0.1, -0.05) is 57.2 Å². The first-order valence-electron chi connectivity index (χ1n) is 12.2. The number of nitrogens with one attached hydrogen (secondary N) is 1. The van der Waals surface area contributed by atoms with Crippen molar-refractivity contribution < 1.29 is 19.1 Å². The Morgan fingerprint density at radius 1 is 1.03 bits per heavy atom. The van der Waals surface area contributed by atoms with Crippen molar-refractivity contribution in [3.8, 4) is 11.8 Å². The van der Waals surface area contributed by atoms with Gasteiger partial charge in [0, 0.05) is 24.9 Å². The number of rotatable bonds is 12. The highest BCUT2D eigenvalue weighted by Gasteiger charge is 2.35. The Balaban J connectivity index is 1.61. The molecule has 0 saturated heterocycles. The fraction of sp³-hybridized carbons (Fsp3) is 0.538. The molecule has 34 heavy (non-hydrogen) atoms. The SMILES string of the molecule is CCCCCCCC1Cc2c(nc(OCCCOc3ccccc3C)[nH]c2=O)C(=O)N(C)C1=O. The molecule has 1 aromatic heterocycles. The lowest BCUT2D eigenvalue weighted by molar-refractivity contribution is -0.131. The fourth-order valence-corrected chi connectivity index (χ4v) is 4.13. The van der Waals surface area contributed by atoms with Gasteiger partial charge in [0.1, 0.15) is 11.4 Å². The zero-order valence-electron chi connectivity index (χ0n) is 20.4. The molecule has 184 valence electrons. The number of para-hydroxylation sites is 1. The second-order valence-corrected chi connectivity index (χ2v) is 8.82. The molecule has 0 radical (unpaired) electrons. The Hall–Kier alpha value is -3.16. The predicted molar refractivity (Wildman–Crippen MR) is 129 cm³/mol. The van der Waals surface area contributed by atoms with E-state index in [4.69, 9.17) is 9.47 Å². The van der Waals surface area contributed by atoms with E-state index in [2.05, 4.69) is 16.9 Å². The number of unbranched alkanes of at least 4 members (excludes halogenated alkanes) is 4. The van der Waals surface area contributed by atoms with Crippen molar-refractivity contribution >= 4 is 11.8 Å². The molecule has 2 aromatic rings. The minimum absolute atomic E-state index is 0.000701. The molecular weight excluding hydrogens is 434 g/mol. The third-order valence-corrected chi connectivity index (χ3v) is 6.17. The minimum Gasteiger partial charge on any atom is -0.493 e. The average Bonchev–Trinajstić information content (AvgIpc) is 2.91. The maximum Gasteiger partial charge on any atom is 0.297 e. The van der Waals surface area contributed by atoms with Crippen molar-refractivity contribution in [2.24, 2.45) is 5.92 Å². The van der Waals surface area contributed by atoms with Crippen LogP contribution in [0, 0.1) is 12.8 Å². The Kier molecular flexibility index (Phi) is 9.24. The quantitative estimate of drug-likeness (QED) is 0.372. The average molecular weight is 470 g/mol. The maximum atomic E-state index is 12.9. The summed E-state index contributed by atoms with van der Waals surface area (Å²) in [4.78, 5) is 46.5. The van der Waals surface area contributed by atoms with E-state index >= 15 is 0 Å². The number of nitrogens with zero attached hydrogens (tertiary/aromatic N) is 2. The van der Waals surface area contributed by atoms with Crippen LogP contribution in [0.15, 0.2) is 29.1 Å². The van der Waals surface area contributed by atoms with Crippen molar-refractivity contribution in [3.63, 3.8) is 0 Å². The van der Waals surface area contributed by atoms with Gasteiger partial charge < -0.3 is 9.47 Å². The lowest BCUT2D eigenvalue weighted by Crippen LogP contribution is -2.36. The van der Waals surface area contributed by atoms with E-state index in [0.29, 0.717) is 19.4 Å². The normalized spacial score (nSPS) is 15.7. The second-order valence-electron chi connectivity index (χ2n) is 8.82. The summed E-state index contributed by atoms with van der Waals surface area (Å²) in [5.74, 6) is -0.400. The number of imide groups is 1. The first kappa shape index (κ1) is 25.5. The number of ether oxygens (including phenoxy) is 2. The van der Waals surface area contributed by atoms with Crippen LogP contribution in [0.3, 0.4) is 0 Å². The van der Waals surface area contributed by atoms with Gasteiger partial charge >= 0.3 is 0 Å². The molecular formula is C26H35N3O5. The van der Waals surface area contributed by atoms with Gasteiger partial charge in [0.05, 0.1) is 13.2 Å². The van der Waals surface area contributed by atoms with Gasteiger partial charge in [0.15, 0.2) is 0 Å². The number of aromatic nitrogens is 2. The minimum atomic E-state index is -0.563. The number of H-pyrrole nitrogens is 1. The van der Waals surface area contributed by atoms with Crippen LogP contribution in [0.5, 0.6) is 11.8 Å². The molecule has 8 heteroatoms. The molecule has 1 aliphatic rings. The van der Waals surface area contributed by atoms with Gasteiger partial charge in [0.25, 0.3) is 17.5 Å². The summed E-state index contributed by atoms with van der Waals surface area (Å²) in [6.07, 6.45) is 6.82. The zero-order valence-corrected chi connectivity index (χ0v) is 20.4. The van der Waals surface area contributed by atoms with Crippen molar-refractivity contribution in [2.75, 3.05) is 20.3 Å². The summed E-state index contributed by atoms with van der Waals surface area (Å²) in [5.41, 5.74) is 0.885. The number of benzene rings is 1. The fourth-order valence-electron chi connectivity index (χ4n) is 4.13. The van der Waals surface area contributed by atoms with E-state index in [0.717, 1.165) is 41.9 Å². The Labute approximate surface area is 200 Å². The van der Waals surface area contributed by atoms with Crippen LogP contribution < -0.4 is 15.0 Å². The summed E-state index contributed by atoms with van der Waals surface area (Å²) < 4.78 is 11.3. The molecule has 0 fully saturated rings. The summed E-state index contributed by atoms with van der Waals surface area (Å²) in [6, 6.07) is 7.73. The van der Waals surface area contributed by atoms with E-state index in [-0.39, 0.29) is 36.2 Å². The predicted octanol–water partition coefficient (Wildman–Crippen LogP) is 4.06. The molecule has 1 N–H and O–H groups in total. The molecule has 8 nitrogen and oxygen atoms in total. The third kappa shape index (κ3) is 6.46. The van der Waals surface area contributed by atoms with E-state index < -0.39 is 17.4 Å². The van der Waals surface area contributed by atoms with Gasteiger partial charge in [-0.15, -0.1) is 0 Å². The number of hydrogen-bond donors (Lipinski definition) is 1. The number of carbonyl (C=O) groups is 2. The van der Waals surface area contributed by atoms with Crippen LogP contribution in [0.2, 0.25) is 0 Å². The summed E-state index contributed by atoms with van der Waals surface area (Å²) in [5, 5.41) is 0. The van der Waals surface area contributed by atoms with Crippen molar-refractivity contribution in [1.82, 2.24) is 14.9 Å². The molecule has 2 heterocycles. The number of amides is 2. The van der Waals surface area contributed by atoms with Gasteiger partial charge in [-0.3, -0.25) is 24.3 Å². The highest BCUT2D eigenvalue weighted by atomic mass is 16.5. The lowest BCUT2D eigenvalue weighted by Gasteiger charge is -2.18. The van der Waals surface area contributed by atoms with Crippen molar-refractivity contribution in [3.05, 3.63) is 51.4 Å². The highest BCUT2D eigenvalue weighted by molar-refractivity contribution is 6.06. The van der Waals surface area contributed by atoms with Gasteiger partial charge in [-0.2, -0.15) is 4.98 Å². The van der Waals surface area contributed by atoms with E-state index in [9.17, 15) is 14.4 Å². The smallest absolute Gasteiger partial charge is 0.297 e. The van der Waals surface area contributed by atoms with Crippen molar-refractivity contribution in [2.45, 2.75) is 65.2 Å². The first-order chi connectivity index (χ1) is 16.4. The van der Waals surface area contributed by atoms with Gasteiger partial charge in [0.2, 0.25) is 5.91 Å². The monoisotopic (exact) mass is 469 g/mol. The molecule has 1 aliphatic heterocycles. The maximum absolute atomic E-state index is 12.9. The Morgan fingerprint density at radius 3 is 2.53 bits per heavy atom. The lowest BCUT2D eigenvalue weighted by atomic mass is 9.93. The number of hydrogen-bond acceptors (Lipinski definition) is 6. The van der Waals surface area contributed by atoms with Crippen LogP contribution >= 0.6 is 0 Å². The van der Waals surface area contributed by atoms with Crippen molar-refractivity contribution in [1.29, 1.82) is 0 Å². The largest absolute Gasteiger partial charge is 0.493 e. The molecule has 1 atom stereocenters. The number of fused-ring (bicyclic) bond motifs is 1. The zero-order chi connectivity index (χ0) is 24.5. The number of aromatic amines is 1. The summed E-state index contributed by atoms with van der Waals surface area (Å²) in [7, 11) is 1.45. The van der Waals surface area contributed by atoms with E-state index in [1.165, 1.54) is 13.5 Å². The first-order valence-corrected chi connectivity index (χ1v) is 12.2. The third-order valence-electron chi connectivity index (χ3n) is 6.17. The standard InChI is InChI=1S/C26H35N3O5/c1-4-5-6-7-8-13-19-17-20-22(25(32)29(3)24(19)31)27-26(28-23(20)30)34-16-11-15-33-21-14-10-9-12-18(21)2/h9-10,12,14,19H,4-8,11,13,15-17H2,1-3H3,(H,27,28,30). The highest BCUT2D eigenvalue weighted by Crippen LogP contribution is 2.24. The molecule has 3 rings (SSSR count). The number of aryl methyl sites for hydroxylation is 1. The van der Waals surface area contributed by atoms with E-state index in [1.807, 2.05) is 31.2 Å². The van der Waals surface area contributed by atoms with E-state index in [1.54, 1.807) is 0 Å².